The highest BCUT2D eigenvalue weighted by molar-refractivity contribution is 14.1. The highest BCUT2D eigenvalue weighted by atomic mass is 127. The molecule has 2 rings (SSSR count). The van der Waals surface area contributed by atoms with Crippen LogP contribution in [0.4, 0.5) is 0 Å². The predicted octanol–water partition coefficient (Wildman–Crippen LogP) is 2.82. The average Bonchev–Trinajstić information content (AvgIpc) is 2.85. The molecule has 1 aromatic rings. The monoisotopic (exact) mass is 378 g/mol. The third-order valence-corrected chi connectivity index (χ3v) is 4.69. The van der Waals surface area contributed by atoms with Gasteiger partial charge in [0, 0.05) is 21.7 Å². The van der Waals surface area contributed by atoms with Gasteiger partial charge in [-0.3, -0.25) is 4.79 Å². The molecule has 5 heteroatoms. The number of hydrogen-bond acceptors (Lipinski definition) is 2. The molecule has 98 valence electrons. The van der Waals surface area contributed by atoms with Crippen molar-refractivity contribution in [3.05, 3.63) is 32.4 Å². The molecule has 1 amide bonds. The number of amides is 1. The van der Waals surface area contributed by atoms with Gasteiger partial charge in [0.25, 0.3) is 5.91 Å². The molecule has 0 saturated carbocycles. The van der Waals surface area contributed by atoms with E-state index in [2.05, 4.69) is 33.2 Å². The molecular formula is C13H16ClIN2O. The molecule has 0 aromatic heterocycles. The van der Waals surface area contributed by atoms with Crippen LogP contribution in [0.25, 0.3) is 0 Å². The SMILES string of the molecule is O=C(NCC[C@@H]1CCCN1)c1ccc(I)c(Cl)c1. The maximum Gasteiger partial charge on any atom is 0.251 e. The number of halogens is 2. The van der Waals surface area contributed by atoms with Gasteiger partial charge in [0.1, 0.15) is 0 Å². The topological polar surface area (TPSA) is 41.1 Å². The van der Waals surface area contributed by atoms with E-state index in [1.807, 2.05) is 6.07 Å². The first-order chi connectivity index (χ1) is 8.66. The number of hydrogen-bond donors (Lipinski definition) is 2. The van der Waals surface area contributed by atoms with Crippen LogP contribution < -0.4 is 10.6 Å². The smallest absolute Gasteiger partial charge is 0.251 e. The number of nitrogens with one attached hydrogen (secondary N) is 2. The summed E-state index contributed by atoms with van der Waals surface area (Å²) in [5, 5.41) is 6.97. The number of carbonyl (C=O) groups excluding carboxylic acids is 1. The van der Waals surface area contributed by atoms with Crippen LogP contribution in [0.5, 0.6) is 0 Å². The zero-order valence-corrected chi connectivity index (χ0v) is 12.9. The number of benzene rings is 1. The Balaban J connectivity index is 1.81. The highest BCUT2D eigenvalue weighted by Crippen LogP contribution is 2.19. The summed E-state index contributed by atoms with van der Waals surface area (Å²) in [6.07, 6.45) is 3.44. The Morgan fingerprint density at radius 1 is 1.56 bits per heavy atom. The van der Waals surface area contributed by atoms with Gasteiger partial charge in [-0.25, -0.2) is 0 Å². The van der Waals surface area contributed by atoms with E-state index >= 15 is 0 Å². The summed E-state index contributed by atoms with van der Waals surface area (Å²) >= 11 is 8.14. The van der Waals surface area contributed by atoms with E-state index in [4.69, 9.17) is 11.6 Å². The highest BCUT2D eigenvalue weighted by Gasteiger charge is 2.14. The second-order valence-corrected chi connectivity index (χ2v) is 6.04. The first-order valence-electron chi connectivity index (χ1n) is 6.13. The van der Waals surface area contributed by atoms with E-state index in [9.17, 15) is 4.79 Å². The number of rotatable bonds is 4. The first kappa shape index (κ1) is 14.1. The Morgan fingerprint density at radius 2 is 2.39 bits per heavy atom. The molecule has 1 saturated heterocycles. The van der Waals surface area contributed by atoms with Crippen LogP contribution in [-0.4, -0.2) is 25.0 Å². The van der Waals surface area contributed by atoms with Crippen molar-refractivity contribution in [1.82, 2.24) is 10.6 Å². The van der Waals surface area contributed by atoms with Crippen molar-refractivity contribution in [1.29, 1.82) is 0 Å². The van der Waals surface area contributed by atoms with E-state index in [0.717, 1.165) is 16.5 Å². The minimum Gasteiger partial charge on any atom is -0.352 e. The molecule has 0 aliphatic carbocycles. The minimum atomic E-state index is -0.0497. The Bertz CT molecular complexity index is 433. The van der Waals surface area contributed by atoms with Gasteiger partial charge < -0.3 is 10.6 Å². The lowest BCUT2D eigenvalue weighted by Crippen LogP contribution is -2.30. The van der Waals surface area contributed by atoms with Gasteiger partial charge in [0.05, 0.1) is 5.02 Å². The Morgan fingerprint density at radius 3 is 3.06 bits per heavy atom. The Labute approximate surface area is 126 Å². The van der Waals surface area contributed by atoms with Crippen molar-refractivity contribution in [2.75, 3.05) is 13.1 Å². The number of carbonyl (C=O) groups is 1. The van der Waals surface area contributed by atoms with Crippen LogP contribution in [0.1, 0.15) is 29.6 Å². The molecule has 1 atom stereocenters. The molecule has 0 unspecified atom stereocenters. The van der Waals surface area contributed by atoms with Crippen molar-refractivity contribution in [3.63, 3.8) is 0 Å². The van der Waals surface area contributed by atoms with Crippen LogP contribution in [0.3, 0.4) is 0 Å². The third-order valence-electron chi connectivity index (χ3n) is 3.12. The van der Waals surface area contributed by atoms with E-state index in [1.54, 1.807) is 12.1 Å². The van der Waals surface area contributed by atoms with Gasteiger partial charge in [-0.1, -0.05) is 11.6 Å². The fourth-order valence-electron chi connectivity index (χ4n) is 2.10. The van der Waals surface area contributed by atoms with Crippen LogP contribution in [0.2, 0.25) is 5.02 Å². The summed E-state index contributed by atoms with van der Waals surface area (Å²) in [5.74, 6) is -0.0497. The molecule has 3 nitrogen and oxygen atoms in total. The fraction of sp³-hybridized carbons (Fsp3) is 0.462. The van der Waals surface area contributed by atoms with Gasteiger partial charge in [0.15, 0.2) is 0 Å². The second kappa shape index (κ2) is 6.73. The lowest BCUT2D eigenvalue weighted by Gasteiger charge is -2.11. The van der Waals surface area contributed by atoms with Crippen molar-refractivity contribution < 1.29 is 4.79 Å². The quantitative estimate of drug-likeness (QED) is 0.791. The summed E-state index contributed by atoms with van der Waals surface area (Å²) in [6, 6.07) is 5.94. The van der Waals surface area contributed by atoms with Gasteiger partial charge in [0.2, 0.25) is 0 Å². The molecule has 0 radical (unpaired) electrons. The van der Waals surface area contributed by atoms with Crippen LogP contribution >= 0.6 is 34.2 Å². The van der Waals surface area contributed by atoms with Crippen LogP contribution in [-0.2, 0) is 0 Å². The van der Waals surface area contributed by atoms with Crippen molar-refractivity contribution in [2.45, 2.75) is 25.3 Å². The minimum absolute atomic E-state index is 0.0497. The van der Waals surface area contributed by atoms with Gasteiger partial charge in [-0.15, -0.1) is 0 Å². The van der Waals surface area contributed by atoms with E-state index in [1.165, 1.54) is 12.8 Å². The molecule has 1 aromatic carbocycles. The van der Waals surface area contributed by atoms with Crippen molar-refractivity contribution in [3.8, 4) is 0 Å². The van der Waals surface area contributed by atoms with E-state index in [-0.39, 0.29) is 5.91 Å². The Kier molecular flexibility index (Phi) is 5.26. The van der Waals surface area contributed by atoms with Gasteiger partial charge in [-0.05, 0) is 66.6 Å². The Hall–Kier alpha value is -0.330. The van der Waals surface area contributed by atoms with E-state index < -0.39 is 0 Å². The zero-order valence-electron chi connectivity index (χ0n) is 10.0. The van der Waals surface area contributed by atoms with Crippen molar-refractivity contribution >= 4 is 40.1 Å². The lowest BCUT2D eigenvalue weighted by molar-refractivity contribution is 0.0952. The molecule has 2 N–H and O–H groups in total. The molecule has 1 aliphatic heterocycles. The maximum atomic E-state index is 11.9. The van der Waals surface area contributed by atoms with Gasteiger partial charge >= 0.3 is 0 Å². The van der Waals surface area contributed by atoms with Crippen LogP contribution in [0, 0.1) is 3.57 Å². The normalized spacial score (nSPS) is 18.9. The predicted molar refractivity (Wildman–Crippen MR) is 82.1 cm³/mol. The molecule has 18 heavy (non-hydrogen) atoms. The summed E-state index contributed by atoms with van der Waals surface area (Å²) in [7, 11) is 0. The molecule has 0 bridgehead atoms. The fourth-order valence-corrected chi connectivity index (χ4v) is 2.62. The summed E-state index contributed by atoms with van der Waals surface area (Å²) in [5.41, 5.74) is 0.625. The lowest BCUT2D eigenvalue weighted by atomic mass is 10.1. The standard InChI is InChI=1S/C13H16ClIN2O/c14-11-8-9(3-4-12(11)15)13(18)17-7-5-10-2-1-6-16-10/h3-4,8,10,16H,1-2,5-7H2,(H,17,18)/t10-/m0/s1. The molecule has 0 spiro atoms. The third kappa shape index (κ3) is 3.83. The molecular weight excluding hydrogens is 363 g/mol. The van der Waals surface area contributed by atoms with Gasteiger partial charge in [-0.2, -0.15) is 0 Å². The van der Waals surface area contributed by atoms with Crippen LogP contribution in [0.15, 0.2) is 18.2 Å². The second-order valence-electron chi connectivity index (χ2n) is 4.47. The van der Waals surface area contributed by atoms with Crippen molar-refractivity contribution in [2.24, 2.45) is 0 Å². The largest absolute Gasteiger partial charge is 0.352 e. The first-order valence-corrected chi connectivity index (χ1v) is 7.59. The summed E-state index contributed by atoms with van der Waals surface area (Å²) in [4.78, 5) is 11.9. The molecule has 1 aliphatic rings. The maximum absolute atomic E-state index is 11.9. The summed E-state index contributed by atoms with van der Waals surface area (Å²) < 4.78 is 0.959. The average molecular weight is 379 g/mol. The summed E-state index contributed by atoms with van der Waals surface area (Å²) in [6.45, 7) is 1.81. The molecule has 1 heterocycles. The molecule has 1 fully saturated rings. The zero-order chi connectivity index (χ0) is 13.0. The van der Waals surface area contributed by atoms with E-state index in [0.29, 0.717) is 23.2 Å².